The smallest absolute Gasteiger partial charge is 0.230 e. The van der Waals surface area contributed by atoms with Crippen molar-refractivity contribution in [3.63, 3.8) is 0 Å². The Morgan fingerprint density at radius 1 is 1.43 bits per heavy atom. The number of nitrogens with one attached hydrogen (secondary N) is 1. The molecule has 3 rings (SSSR count). The Balaban J connectivity index is 1.65. The Labute approximate surface area is 140 Å². The Bertz CT molecular complexity index is 708. The molecule has 2 aromatic rings. The summed E-state index contributed by atoms with van der Waals surface area (Å²) in [5.41, 5.74) is 3.44. The molecule has 1 aromatic heterocycles. The summed E-state index contributed by atoms with van der Waals surface area (Å²) in [4.78, 5) is 12.1. The second-order valence-corrected chi connectivity index (χ2v) is 7.20. The van der Waals surface area contributed by atoms with Gasteiger partial charge in [0, 0.05) is 6.04 Å². The maximum absolute atomic E-state index is 12.1. The normalized spacial score (nSPS) is 15.4. The predicted molar refractivity (Wildman–Crippen MR) is 91.9 cm³/mol. The van der Waals surface area contributed by atoms with Crippen LogP contribution in [-0.4, -0.2) is 32.5 Å². The molecule has 1 aliphatic carbocycles. The number of aromatic nitrogens is 3. The summed E-state index contributed by atoms with van der Waals surface area (Å²) < 4.78 is 1.94. The van der Waals surface area contributed by atoms with Crippen LogP contribution in [0, 0.1) is 19.8 Å². The molecule has 0 spiro atoms. The number of benzene rings is 1. The van der Waals surface area contributed by atoms with Crippen LogP contribution in [-0.2, 0) is 4.79 Å². The molecular formula is C17H22N4OS. The minimum Gasteiger partial charge on any atom is -0.353 e. The number of thioether (sulfide) groups is 1. The van der Waals surface area contributed by atoms with Crippen LogP contribution < -0.4 is 5.32 Å². The monoisotopic (exact) mass is 330 g/mol. The van der Waals surface area contributed by atoms with Crippen molar-refractivity contribution >= 4 is 17.7 Å². The molecule has 1 saturated carbocycles. The quantitative estimate of drug-likeness (QED) is 0.827. The maximum Gasteiger partial charge on any atom is 0.230 e. The fraction of sp³-hybridized carbons (Fsp3) is 0.471. The second-order valence-electron chi connectivity index (χ2n) is 6.26. The zero-order chi connectivity index (χ0) is 16.4. The van der Waals surface area contributed by atoms with Crippen LogP contribution in [0.5, 0.6) is 0 Å². The number of carbonyl (C=O) groups excluding carboxylic acids is 1. The Morgan fingerprint density at radius 2 is 2.22 bits per heavy atom. The lowest BCUT2D eigenvalue weighted by Crippen LogP contribution is -2.35. The molecule has 1 N–H and O–H groups in total. The first-order valence-electron chi connectivity index (χ1n) is 7.94. The van der Waals surface area contributed by atoms with Gasteiger partial charge in [-0.25, -0.2) is 0 Å². The van der Waals surface area contributed by atoms with Crippen molar-refractivity contribution in [2.75, 3.05) is 5.75 Å². The molecule has 23 heavy (non-hydrogen) atoms. The van der Waals surface area contributed by atoms with E-state index < -0.39 is 0 Å². The number of hydrogen-bond acceptors (Lipinski definition) is 4. The molecule has 0 radical (unpaired) electrons. The molecule has 0 unspecified atom stereocenters. The number of carbonyl (C=O) groups is 1. The summed E-state index contributed by atoms with van der Waals surface area (Å²) in [7, 11) is 0. The van der Waals surface area contributed by atoms with Gasteiger partial charge < -0.3 is 5.32 Å². The van der Waals surface area contributed by atoms with E-state index in [2.05, 4.69) is 54.5 Å². The number of rotatable bonds is 6. The largest absolute Gasteiger partial charge is 0.353 e. The highest BCUT2D eigenvalue weighted by Crippen LogP contribution is 2.32. The van der Waals surface area contributed by atoms with Gasteiger partial charge >= 0.3 is 0 Å². The molecule has 1 fully saturated rings. The van der Waals surface area contributed by atoms with Crippen molar-refractivity contribution in [3.05, 3.63) is 35.7 Å². The van der Waals surface area contributed by atoms with Gasteiger partial charge in [0.25, 0.3) is 0 Å². The lowest BCUT2D eigenvalue weighted by molar-refractivity contribution is -0.119. The first-order chi connectivity index (χ1) is 11.0. The Hall–Kier alpha value is -1.82. The minimum absolute atomic E-state index is 0.0598. The summed E-state index contributed by atoms with van der Waals surface area (Å²) in [6, 6.07) is 6.54. The molecule has 1 atom stereocenters. The molecule has 1 heterocycles. The predicted octanol–water partition coefficient (Wildman–Crippen LogP) is 2.89. The third kappa shape index (κ3) is 3.93. The first-order valence-corrected chi connectivity index (χ1v) is 8.93. The van der Waals surface area contributed by atoms with E-state index in [0.29, 0.717) is 11.7 Å². The molecule has 1 aliphatic rings. The number of nitrogens with zero attached hydrogens (tertiary/aromatic N) is 3. The number of hydrogen-bond donors (Lipinski definition) is 1. The van der Waals surface area contributed by atoms with Crippen LogP contribution in [0.3, 0.4) is 0 Å². The standard InChI is InChI=1S/C17H22N4OS/c1-11-4-7-15(12(2)8-11)21-10-18-20-17(21)23-9-16(22)19-13(3)14-5-6-14/h4,7-8,10,13-14H,5-6,9H2,1-3H3,(H,19,22)/t13-/m1/s1. The van der Waals surface area contributed by atoms with E-state index in [4.69, 9.17) is 0 Å². The van der Waals surface area contributed by atoms with E-state index in [1.165, 1.54) is 35.7 Å². The highest BCUT2D eigenvalue weighted by molar-refractivity contribution is 7.99. The van der Waals surface area contributed by atoms with Crippen LogP contribution in [0.15, 0.2) is 29.7 Å². The molecule has 0 aliphatic heterocycles. The van der Waals surface area contributed by atoms with Crippen LogP contribution in [0.25, 0.3) is 5.69 Å². The van der Waals surface area contributed by atoms with Gasteiger partial charge in [0.1, 0.15) is 6.33 Å². The molecule has 1 amide bonds. The molecule has 5 nitrogen and oxygen atoms in total. The van der Waals surface area contributed by atoms with E-state index in [9.17, 15) is 4.79 Å². The summed E-state index contributed by atoms with van der Waals surface area (Å²) >= 11 is 1.42. The van der Waals surface area contributed by atoms with Gasteiger partial charge in [-0.3, -0.25) is 9.36 Å². The second kappa shape index (κ2) is 6.74. The Morgan fingerprint density at radius 3 is 2.91 bits per heavy atom. The highest BCUT2D eigenvalue weighted by Gasteiger charge is 2.28. The average molecular weight is 330 g/mol. The third-order valence-corrected chi connectivity index (χ3v) is 5.12. The molecule has 0 bridgehead atoms. The van der Waals surface area contributed by atoms with Crippen LogP contribution >= 0.6 is 11.8 Å². The number of amides is 1. The fourth-order valence-corrected chi connectivity index (χ4v) is 3.44. The first kappa shape index (κ1) is 16.1. The topological polar surface area (TPSA) is 59.8 Å². The van der Waals surface area contributed by atoms with E-state index in [1.807, 2.05) is 4.57 Å². The SMILES string of the molecule is Cc1ccc(-n2cnnc2SCC(=O)N[C@H](C)C2CC2)c(C)c1. The third-order valence-electron chi connectivity index (χ3n) is 4.18. The van der Waals surface area contributed by atoms with Crippen molar-refractivity contribution in [2.24, 2.45) is 5.92 Å². The van der Waals surface area contributed by atoms with Crippen molar-refractivity contribution < 1.29 is 4.79 Å². The van der Waals surface area contributed by atoms with E-state index in [1.54, 1.807) is 6.33 Å². The van der Waals surface area contributed by atoms with Gasteiger partial charge in [-0.15, -0.1) is 10.2 Å². The van der Waals surface area contributed by atoms with Gasteiger partial charge in [-0.05, 0) is 51.2 Å². The van der Waals surface area contributed by atoms with Crippen molar-refractivity contribution in [3.8, 4) is 5.69 Å². The summed E-state index contributed by atoms with van der Waals surface area (Å²) in [5.74, 6) is 1.09. The lowest BCUT2D eigenvalue weighted by Gasteiger charge is -2.13. The van der Waals surface area contributed by atoms with Crippen molar-refractivity contribution in [1.29, 1.82) is 0 Å². The van der Waals surface area contributed by atoms with Crippen LogP contribution in [0.1, 0.15) is 30.9 Å². The fourth-order valence-electron chi connectivity index (χ4n) is 2.70. The molecule has 1 aromatic carbocycles. The zero-order valence-corrected chi connectivity index (χ0v) is 14.6. The molecule has 0 saturated heterocycles. The molecular weight excluding hydrogens is 308 g/mol. The maximum atomic E-state index is 12.1. The van der Waals surface area contributed by atoms with Crippen molar-refractivity contribution in [1.82, 2.24) is 20.1 Å². The minimum atomic E-state index is 0.0598. The lowest BCUT2D eigenvalue weighted by atomic mass is 10.1. The average Bonchev–Trinajstić information content (AvgIpc) is 3.25. The van der Waals surface area contributed by atoms with Crippen LogP contribution in [0.2, 0.25) is 0 Å². The molecule has 6 heteroatoms. The van der Waals surface area contributed by atoms with E-state index in [-0.39, 0.29) is 11.9 Å². The zero-order valence-electron chi connectivity index (χ0n) is 13.7. The van der Waals surface area contributed by atoms with Gasteiger partial charge in [0.05, 0.1) is 11.4 Å². The van der Waals surface area contributed by atoms with Crippen LogP contribution in [0.4, 0.5) is 0 Å². The van der Waals surface area contributed by atoms with E-state index >= 15 is 0 Å². The summed E-state index contributed by atoms with van der Waals surface area (Å²) in [5, 5.41) is 12.0. The van der Waals surface area contributed by atoms with Gasteiger partial charge in [-0.2, -0.15) is 0 Å². The summed E-state index contributed by atoms with van der Waals surface area (Å²) in [6.07, 6.45) is 4.16. The number of aryl methyl sites for hydroxylation is 2. The highest BCUT2D eigenvalue weighted by atomic mass is 32.2. The Kier molecular flexibility index (Phi) is 4.71. The van der Waals surface area contributed by atoms with E-state index in [0.717, 1.165) is 10.8 Å². The van der Waals surface area contributed by atoms with Gasteiger partial charge in [-0.1, -0.05) is 29.5 Å². The van der Waals surface area contributed by atoms with Crippen molar-refractivity contribution in [2.45, 2.75) is 44.8 Å². The molecule has 122 valence electrons. The summed E-state index contributed by atoms with van der Waals surface area (Å²) in [6.45, 7) is 6.23. The van der Waals surface area contributed by atoms with Gasteiger partial charge in [0.2, 0.25) is 5.91 Å². The van der Waals surface area contributed by atoms with Gasteiger partial charge in [0.15, 0.2) is 5.16 Å².